The standard InChI is InChI=1S/3C4H9.CH3.Hf/c3*1-3-4-2;;/h3*1,3-4H2,2H3;1H3;. The monoisotopic (exact) mass is 366 g/mol. The molecule has 0 aromatic carbocycles. The number of unbranched alkanes of at least 4 members (excludes halogenated alkanes) is 3. The molecular formula is C13H30Hf. The van der Waals surface area contributed by atoms with Gasteiger partial charge < -0.3 is 0 Å². The molecule has 0 aromatic heterocycles. The minimum absolute atomic E-state index is 1.41. The molecule has 0 amide bonds. The first kappa shape index (κ1) is 14.9. The second-order valence-corrected chi connectivity index (χ2v) is 23.5. The summed E-state index contributed by atoms with van der Waals surface area (Å²) in [5.74, 6) is 0. The predicted molar refractivity (Wildman–Crippen MR) is 65.0 cm³/mol. The third kappa shape index (κ3) is 7.20. The normalized spacial score (nSPS) is 12.0. The molecule has 0 saturated carbocycles. The van der Waals surface area contributed by atoms with E-state index in [1.807, 2.05) is 0 Å². The van der Waals surface area contributed by atoms with Crippen molar-refractivity contribution in [2.24, 2.45) is 0 Å². The van der Waals surface area contributed by atoms with Crippen LogP contribution < -0.4 is 0 Å². The molecule has 0 heterocycles. The molecule has 0 aliphatic heterocycles. The molecule has 1 heteroatoms. The third-order valence-corrected chi connectivity index (χ3v) is 20.2. The number of rotatable bonds is 9. The topological polar surface area (TPSA) is 0 Å². The van der Waals surface area contributed by atoms with Gasteiger partial charge in [-0.05, 0) is 0 Å². The molecule has 0 radical (unpaired) electrons. The predicted octanol–water partition coefficient (Wildman–Crippen LogP) is 5.84. The molecule has 0 aliphatic rings. The van der Waals surface area contributed by atoms with Crippen LogP contribution in [0.2, 0.25) is 17.2 Å². The quantitative estimate of drug-likeness (QED) is 0.450. The molecule has 0 spiro atoms. The summed E-state index contributed by atoms with van der Waals surface area (Å²) in [6.45, 7) is 7.02. The Kier molecular flexibility index (Phi) is 9.69. The summed E-state index contributed by atoms with van der Waals surface area (Å²) in [6.07, 6.45) is 8.79. The number of hydrogen-bond acceptors (Lipinski definition) is 0. The third-order valence-electron chi connectivity index (χ3n) is 3.40. The first-order valence-electron chi connectivity index (χ1n) is 6.68. The van der Waals surface area contributed by atoms with E-state index < -0.39 is 20.0 Å². The van der Waals surface area contributed by atoms with Gasteiger partial charge in [0.05, 0.1) is 0 Å². The van der Waals surface area contributed by atoms with E-state index in [-0.39, 0.29) is 0 Å². The second-order valence-electron chi connectivity index (χ2n) is 5.12. The van der Waals surface area contributed by atoms with Gasteiger partial charge in [-0.1, -0.05) is 0 Å². The summed E-state index contributed by atoms with van der Waals surface area (Å²) in [4.78, 5) is 0. The van der Waals surface area contributed by atoms with Crippen LogP contribution >= 0.6 is 0 Å². The van der Waals surface area contributed by atoms with E-state index in [0.29, 0.717) is 0 Å². The first-order chi connectivity index (χ1) is 6.68. The van der Waals surface area contributed by atoms with E-state index in [0.717, 1.165) is 0 Å². The van der Waals surface area contributed by atoms with Gasteiger partial charge in [-0.3, -0.25) is 0 Å². The average molecular weight is 365 g/mol. The van der Waals surface area contributed by atoms with Crippen molar-refractivity contribution in [1.29, 1.82) is 0 Å². The van der Waals surface area contributed by atoms with Gasteiger partial charge in [-0.2, -0.15) is 0 Å². The Morgan fingerprint density at radius 3 is 1.14 bits per heavy atom. The van der Waals surface area contributed by atoms with Crippen LogP contribution in [0.15, 0.2) is 0 Å². The van der Waals surface area contributed by atoms with Crippen molar-refractivity contribution in [2.45, 2.75) is 76.5 Å². The summed E-state index contributed by atoms with van der Waals surface area (Å²) in [7, 11) is 0. The van der Waals surface area contributed by atoms with Gasteiger partial charge >= 0.3 is 96.5 Å². The SMILES string of the molecule is CCC[CH2][Hf]([CH3])([CH2]CCC)[CH2]CCC. The van der Waals surface area contributed by atoms with Gasteiger partial charge in [0.15, 0.2) is 0 Å². The zero-order valence-electron chi connectivity index (χ0n) is 10.9. The fourth-order valence-corrected chi connectivity index (χ4v) is 17.9. The van der Waals surface area contributed by atoms with Gasteiger partial charge in [0.25, 0.3) is 0 Å². The van der Waals surface area contributed by atoms with Gasteiger partial charge in [-0.15, -0.1) is 0 Å². The Morgan fingerprint density at radius 1 is 0.643 bits per heavy atom. The van der Waals surface area contributed by atoms with Gasteiger partial charge in [0, 0.05) is 0 Å². The first-order valence-corrected chi connectivity index (χ1v) is 17.9. The van der Waals surface area contributed by atoms with Crippen LogP contribution in [0.5, 0.6) is 0 Å². The number of hydrogen-bond donors (Lipinski definition) is 0. The summed E-state index contributed by atoms with van der Waals surface area (Å²) in [5.41, 5.74) is 0. The average Bonchev–Trinajstić information content (AvgIpc) is 2.21. The molecule has 86 valence electrons. The molecule has 0 aliphatic carbocycles. The molecule has 0 saturated heterocycles. The summed E-state index contributed by atoms with van der Waals surface area (Å²) < 4.78 is 7.74. The van der Waals surface area contributed by atoms with E-state index in [2.05, 4.69) is 25.5 Å². The fraction of sp³-hybridized carbons (Fsp3) is 1.00. The van der Waals surface area contributed by atoms with E-state index in [1.54, 1.807) is 12.5 Å². The van der Waals surface area contributed by atoms with Crippen molar-refractivity contribution in [3.05, 3.63) is 0 Å². The van der Waals surface area contributed by atoms with Crippen LogP contribution in [0.25, 0.3) is 0 Å². The fourth-order valence-electron chi connectivity index (χ4n) is 2.19. The van der Waals surface area contributed by atoms with E-state index in [4.69, 9.17) is 0 Å². The molecule has 0 rings (SSSR count). The molecule has 0 N–H and O–H groups in total. The van der Waals surface area contributed by atoms with Crippen LogP contribution in [0, 0.1) is 0 Å². The van der Waals surface area contributed by atoms with Crippen molar-refractivity contribution in [2.75, 3.05) is 0 Å². The second kappa shape index (κ2) is 9.12. The van der Waals surface area contributed by atoms with Crippen LogP contribution in [0.4, 0.5) is 0 Å². The Bertz CT molecular complexity index is 98.6. The minimum atomic E-state index is -1.69. The molecule has 0 atom stereocenters. The Balaban J connectivity index is 3.89. The Labute approximate surface area is 96.2 Å². The summed E-state index contributed by atoms with van der Waals surface area (Å²) >= 11 is -1.69. The van der Waals surface area contributed by atoms with Gasteiger partial charge in [0.2, 0.25) is 0 Å². The maximum atomic E-state index is 2.73. The van der Waals surface area contributed by atoms with E-state index in [1.165, 1.54) is 38.5 Å². The molecule has 0 bridgehead atoms. The van der Waals surface area contributed by atoms with Crippen molar-refractivity contribution in [1.82, 2.24) is 0 Å². The summed E-state index contributed by atoms with van der Waals surface area (Å²) in [5, 5.41) is 0. The molecular weight excluding hydrogens is 335 g/mol. The summed E-state index contributed by atoms with van der Waals surface area (Å²) in [6, 6.07) is 0. The van der Waals surface area contributed by atoms with E-state index >= 15 is 0 Å². The van der Waals surface area contributed by atoms with Gasteiger partial charge in [-0.25, -0.2) is 0 Å². The Morgan fingerprint density at radius 2 is 0.929 bits per heavy atom. The zero-order chi connectivity index (χ0) is 10.9. The van der Waals surface area contributed by atoms with Crippen molar-refractivity contribution < 1.29 is 20.0 Å². The molecule has 0 fully saturated rings. The van der Waals surface area contributed by atoms with Crippen molar-refractivity contribution in [3.8, 4) is 0 Å². The van der Waals surface area contributed by atoms with Gasteiger partial charge in [0.1, 0.15) is 0 Å². The zero-order valence-corrected chi connectivity index (χ0v) is 14.5. The molecule has 14 heavy (non-hydrogen) atoms. The Hall–Kier alpha value is 0.870. The van der Waals surface area contributed by atoms with Crippen LogP contribution in [-0.2, 0) is 20.0 Å². The van der Waals surface area contributed by atoms with Crippen molar-refractivity contribution >= 4 is 0 Å². The van der Waals surface area contributed by atoms with Crippen LogP contribution in [0.3, 0.4) is 0 Å². The van der Waals surface area contributed by atoms with Crippen LogP contribution in [-0.4, -0.2) is 0 Å². The van der Waals surface area contributed by atoms with Crippen molar-refractivity contribution in [3.63, 3.8) is 0 Å². The molecule has 0 aromatic rings. The molecule has 0 unspecified atom stereocenters. The molecule has 0 nitrogen and oxygen atoms in total. The van der Waals surface area contributed by atoms with E-state index in [9.17, 15) is 0 Å². The van der Waals surface area contributed by atoms with Crippen LogP contribution in [0.1, 0.15) is 59.3 Å². The maximum absolute atomic E-state index is 2.73.